The average Bonchev–Trinajstić information content (AvgIpc) is 2.74. The highest BCUT2D eigenvalue weighted by molar-refractivity contribution is 7.86. The topological polar surface area (TPSA) is 103 Å². The maximum atomic E-state index is 13.9. The first-order chi connectivity index (χ1) is 15.0. The third kappa shape index (κ3) is 5.88. The van der Waals surface area contributed by atoms with Crippen LogP contribution in [0.3, 0.4) is 0 Å². The molecule has 1 fully saturated rings. The van der Waals surface area contributed by atoms with Crippen molar-refractivity contribution in [2.45, 2.75) is 6.42 Å². The van der Waals surface area contributed by atoms with Gasteiger partial charge in [-0.15, -0.1) is 0 Å². The van der Waals surface area contributed by atoms with Gasteiger partial charge in [0.2, 0.25) is 0 Å². The number of aromatic nitrogens is 2. The summed E-state index contributed by atoms with van der Waals surface area (Å²) in [6.45, 7) is 4.07. The Kier molecular flexibility index (Phi) is 7.24. The van der Waals surface area contributed by atoms with E-state index in [9.17, 15) is 22.4 Å². The van der Waals surface area contributed by atoms with E-state index in [-0.39, 0.29) is 17.0 Å². The first-order valence-electron chi connectivity index (χ1n) is 10.1. The Balaban J connectivity index is 1.45. The molecule has 1 aromatic heterocycles. The van der Waals surface area contributed by atoms with Crippen LogP contribution in [0.4, 0.5) is 10.2 Å². The monoisotopic (exact) mass is 470 g/mol. The van der Waals surface area contributed by atoms with Crippen molar-refractivity contribution in [3.05, 3.63) is 50.9 Å². The second kappa shape index (κ2) is 9.74. The summed E-state index contributed by atoms with van der Waals surface area (Å²) in [6.07, 6.45) is 1.56. The van der Waals surface area contributed by atoms with Crippen LogP contribution in [0.2, 0.25) is 0 Å². The molecule has 1 aliphatic rings. The van der Waals surface area contributed by atoms with Gasteiger partial charge in [-0.25, -0.2) is 9.18 Å². The van der Waals surface area contributed by atoms with Gasteiger partial charge >= 0.3 is 15.8 Å². The van der Waals surface area contributed by atoms with Crippen molar-refractivity contribution >= 4 is 15.9 Å². The van der Waals surface area contributed by atoms with Gasteiger partial charge < -0.3 is 13.8 Å². The van der Waals surface area contributed by atoms with Crippen LogP contribution >= 0.6 is 0 Å². The van der Waals surface area contributed by atoms with Crippen LogP contribution in [0.5, 0.6) is 11.5 Å². The molecule has 1 saturated heterocycles. The number of nitrogens with zero attached hydrogens (tertiary/aromatic N) is 4. The molecule has 0 N–H and O–H groups in total. The fourth-order valence-electron chi connectivity index (χ4n) is 3.51. The fraction of sp³-hybridized carbons (Fsp3) is 0.500. The summed E-state index contributed by atoms with van der Waals surface area (Å²) in [5.41, 5.74) is -0.672. The number of piperazine rings is 1. The van der Waals surface area contributed by atoms with E-state index in [2.05, 4.69) is 9.08 Å². The van der Waals surface area contributed by atoms with E-state index in [0.29, 0.717) is 37.7 Å². The minimum absolute atomic E-state index is 0.291. The largest absolute Gasteiger partial charge is 0.493 e. The van der Waals surface area contributed by atoms with Gasteiger partial charge in [-0.1, -0.05) is 0 Å². The lowest BCUT2D eigenvalue weighted by molar-refractivity contribution is 0.223. The molecule has 176 valence electrons. The van der Waals surface area contributed by atoms with Crippen molar-refractivity contribution in [3.63, 3.8) is 0 Å². The number of rotatable bonds is 8. The van der Waals surface area contributed by atoms with E-state index < -0.39 is 15.9 Å². The predicted molar refractivity (Wildman–Crippen MR) is 118 cm³/mol. The van der Waals surface area contributed by atoms with E-state index >= 15 is 0 Å². The molecule has 32 heavy (non-hydrogen) atoms. The first kappa shape index (κ1) is 23.8. The van der Waals surface area contributed by atoms with Gasteiger partial charge in [0.05, 0.1) is 12.9 Å². The van der Waals surface area contributed by atoms with Crippen LogP contribution in [-0.4, -0.2) is 68.0 Å². The van der Waals surface area contributed by atoms with Crippen molar-refractivity contribution in [2.75, 3.05) is 50.5 Å². The standard InChI is InChI=1S/C20H27FN4O6S/c1-22-18(14-19(26)23(2)20(22)27)25-10-8-24(9-11-25)7-4-12-30-15-5-6-17(16(21)13-15)31-32(3,28)29/h5-6,13-14H,4,7-12H2,1-3H3. The average molecular weight is 471 g/mol. The molecule has 0 radical (unpaired) electrons. The molecule has 12 heteroatoms. The maximum absolute atomic E-state index is 13.9. The first-order valence-corrected chi connectivity index (χ1v) is 11.9. The number of halogens is 1. The van der Waals surface area contributed by atoms with E-state index in [1.165, 1.54) is 29.8 Å². The van der Waals surface area contributed by atoms with E-state index in [4.69, 9.17) is 4.74 Å². The number of ether oxygens (including phenoxy) is 1. The van der Waals surface area contributed by atoms with E-state index in [0.717, 1.165) is 36.5 Å². The smallest absolute Gasteiger partial charge is 0.332 e. The van der Waals surface area contributed by atoms with Crippen LogP contribution in [0.1, 0.15) is 6.42 Å². The summed E-state index contributed by atoms with van der Waals surface area (Å²) in [7, 11) is -0.684. The maximum Gasteiger partial charge on any atom is 0.332 e. The number of hydrogen-bond acceptors (Lipinski definition) is 8. The third-order valence-electron chi connectivity index (χ3n) is 5.23. The third-order valence-corrected chi connectivity index (χ3v) is 5.71. The summed E-state index contributed by atoms with van der Waals surface area (Å²) in [6, 6.07) is 5.25. The molecule has 1 aliphatic heterocycles. The Morgan fingerprint density at radius 3 is 2.34 bits per heavy atom. The molecule has 0 aliphatic carbocycles. The Hall–Kier alpha value is -2.86. The summed E-state index contributed by atoms with van der Waals surface area (Å²) >= 11 is 0. The highest BCUT2D eigenvalue weighted by Gasteiger charge is 2.20. The molecule has 0 unspecified atom stereocenters. The Bertz CT molecular complexity index is 1190. The molecule has 0 bridgehead atoms. The Morgan fingerprint density at radius 1 is 1.03 bits per heavy atom. The van der Waals surface area contributed by atoms with Crippen molar-refractivity contribution in [1.29, 1.82) is 0 Å². The number of anilines is 1. The van der Waals surface area contributed by atoms with Gasteiger partial charge in [0.25, 0.3) is 5.56 Å². The zero-order valence-electron chi connectivity index (χ0n) is 18.3. The van der Waals surface area contributed by atoms with Crippen LogP contribution < -0.4 is 25.1 Å². The van der Waals surface area contributed by atoms with Crippen LogP contribution in [0, 0.1) is 5.82 Å². The predicted octanol–water partition coefficient (Wildman–Crippen LogP) is 0.153. The SMILES string of the molecule is Cn1c(N2CCN(CCCOc3ccc(OS(C)(=O)=O)c(F)c3)CC2)cc(=O)n(C)c1=O. The molecule has 10 nitrogen and oxygen atoms in total. The molecule has 0 amide bonds. The molecular weight excluding hydrogens is 443 g/mol. The van der Waals surface area contributed by atoms with Crippen molar-refractivity contribution in [2.24, 2.45) is 14.1 Å². The van der Waals surface area contributed by atoms with Gasteiger partial charge in [0.15, 0.2) is 11.6 Å². The molecular formula is C20H27FN4O6S. The normalized spacial score (nSPS) is 15.1. The zero-order chi connectivity index (χ0) is 23.5. The fourth-order valence-corrected chi connectivity index (χ4v) is 3.97. The highest BCUT2D eigenvalue weighted by atomic mass is 32.2. The van der Waals surface area contributed by atoms with Crippen LogP contribution in [-0.2, 0) is 24.2 Å². The van der Waals surface area contributed by atoms with Gasteiger partial charge in [-0.3, -0.25) is 18.8 Å². The second-order valence-corrected chi connectivity index (χ2v) is 9.23. The highest BCUT2D eigenvalue weighted by Crippen LogP contribution is 2.23. The lowest BCUT2D eigenvalue weighted by Gasteiger charge is -2.36. The lowest BCUT2D eigenvalue weighted by atomic mass is 10.3. The quantitative estimate of drug-likeness (QED) is 0.397. The molecule has 0 atom stereocenters. The molecule has 1 aromatic carbocycles. The molecule has 2 aromatic rings. The Morgan fingerprint density at radius 2 is 1.72 bits per heavy atom. The summed E-state index contributed by atoms with van der Waals surface area (Å²) in [5.74, 6) is -0.271. The minimum atomic E-state index is -3.80. The van der Waals surface area contributed by atoms with Crippen molar-refractivity contribution in [3.8, 4) is 11.5 Å². The van der Waals surface area contributed by atoms with Crippen LogP contribution in [0.15, 0.2) is 33.9 Å². The van der Waals surface area contributed by atoms with Crippen LogP contribution in [0.25, 0.3) is 0 Å². The number of benzene rings is 1. The summed E-state index contributed by atoms with van der Waals surface area (Å²) in [5, 5.41) is 0. The van der Waals surface area contributed by atoms with E-state index in [1.54, 1.807) is 7.05 Å². The molecule has 0 spiro atoms. The van der Waals surface area contributed by atoms with Crippen molar-refractivity contribution < 1.29 is 21.7 Å². The molecule has 0 saturated carbocycles. The van der Waals surface area contributed by atoms with E-state index in [1.807, 2.05) is 4.90 Å². The Labute approximate surface area is 185 Å². The van der Waals surface area contributed by atoms with Gasteiger partial charge in [-0.05, 0) is 18.6 Å². The second-order valence-electron chi connectivity index (χ2n) is 7.65. The molecule has 2 heterocycles. The van der Waals surface area contributed by atoms with Gasteiger partial charge in [-0.2, -0.15) is 8.42 Å². The van der Waals surface area contributed by atoms with Crippen molar-refractivity contribution in [1.82, 2.24) is 14.0 Å². The molecule has 3 rings (SSSR count). The lowest BCUT2D eigenvalue weighted by Crippen LogP contribution is -2.49. The van der Waals surface area contributed by atoms with Gasteiger partial charge in [0.1, 0.15) is 11.6 Å². The minimum Gasteiger partial charge on any atom is -0.493 e. The summed E-state index contributed by atoms with van der Waals surface area (Å²) < 4.78 is 48.8. The van der Waals surface area contributed by atoms with Gasteiger partial charge in [0, 0.05) is 59.0 Å². The zero-order valence-corrected chi connectivity index (χ0v) is 19.1. The number of hydrogen-bond donors (Lipinski definition) is 0. The summed E-state index contributed by atoms with van der Waals surface area (Å²) in [4.78, 5) is 28.4.